The summed E-state index contributed by atoms with van der Waals surface area (Å²) in [6.07, 6.45) is 4.68. The zero-order chi connectivity index (χ0) is 13.1. The molecule has 17 heavy (non-hydrogen) atoms. The fraction of sp³-hybridized carbons (Fsp3) is 0.250. The van der Waals surface area contributed by atoms with Crippen molar-refractivity contribution in [1.29, 1.82) is 0 Å². The molecule has 0 spiro atoms. The molecule has 0 unspecified atom stereocenters. The number of aliphatic imine (C=N–C) groups is 1. The van der Waals surface area contributed by atoms with Crippen LogP contribution in [0, 0.1) is 0 Å². The van der Waals surface area contributed by atoms with Gasteiger partial charge in [-0.25, -0.2) is 4.99 Å². The van der Waals surface area contributed by atoms with Gasteiger partial charge in [0.15, 0.2) is 5.78 Å². The van der Waals surface area contributed by atoms with E-state index in [1.165, 1.54) is 23.6 Å². The van der Waals surface area contributed by atoms with Crippen molar-refractivity contribution in [3.8, 4) is 0 Å². The number of hydrogen-bond acceptors (Lipinski definition) is 6. The summed E-state index contributed by atoms with van der Waals surface area (Å²) in [5.74, 6) is -0.505. The maximum atomic E-state index is 11.1. The number of fused-ring (bicyclic) bond motifs is 1. The van der Waals surface area contributed by atoms with Crippen LogP contribution in [0.15, 0.2) is 21.9 Å². The lowest BCUT2D eigenvalue weighted by atomic mass is 10.1. The van der Waals surface area contributed by atoms with Crippen LogP contribution in [0.1, 0.15) is 6.42 Å². The summed E-state index contributed by atoms with van der Waals surface area (Å²) < 4.78 is 25.9. The van der Waals surface area contributed by atoms with Gasteiger partial charge in [-0.1, -0.05) is 0 Å². The number of ketones is 1. The molecule has 0 aliphatic carbocycles. The van der Waals surface area contributed by atoms with E-state index in [1.54, 1.807) is 0 Å². The molecule has 2 aliphatic rings. The molecule has 0 saturated carbocycles. The van der Waals surface area contributed by atoms with Gasteiger partial charge in [-0.2, -0.15) is 18.5 Å². The Morgan fingerprint density at radius 2 is 2.00 bits per heavy atom. The normalized spacial score (nSPS) is 18.2. The monoisotopic (exact) mass is 259 g/mol. The van der Waals surface area contributed by atoms with Crippen LogP contribution in [0.25, 0.3) is 0 Å². The SMILES string of the molecule is CS(=O)(=O)O.O=C1C=C2C=NC=NN2C(=O)C1. The summed E-state index contributed by atoms with van der Waals surface area (Å²) in [6.45, 7) is 0. The number of rotatable bonds is 0. The minimum atomic E-state index is -3.67. The molecule has 1 N–H and O–H groups in total. The number of allylic oxidation sites excluding steroid dienone is 2. The van der Waals surface area contributed by atoms with Gasteiger partial charge in [0, 0.05) is 6.08 Å². The van der Waals surface area contributed by atoms with E-state index in [9.17, 15) is 18.0 Å². The first-order chi connectivity index (χ1) is 7.77. The third-order valence-electron chi connectivity index (χ3n) is 1.56. The van der Waals surface area contributed by atoms with Gasteiger partial charge in [-0.15, -0.1) is 0 Å². The van der Waals surface area contributed by atoms with Crippen LogP contribution in [0.5, 0.6) is 0 Å². The summed E-state index contributed by atoms with van der Waals surface area (Å²) in [6, 6.07) is 0. The molecule has 9 heteroatoms. The van der Waals surface area contributed by atoms with Crippen LogP contribution >= 0.6 is 0 Å². The standard InChI is InChI=1S/C7H5N3O2.CH4O3S/c11-6-1-5-3-8-4-9-10(5)7(12)2-6;1-5(2,3)4/h1,3-4H,2H2;1H3,(H,2,3,4). The first kappa shape index (κ1) is 13.2. The minimum Gasteiger partial charge on any atom is -0.294 e. The van der Waals surface area contributed by atoms with Gasteiger partial charge in [-0.3, -0.25) is 14.1 Å². The van der Waals surface area contributed by atoms with Gasteiger partial charge in [-0.05, 0) is 0 Å². The van der Waals surface area contributed by atoms with E-state index in [2.05, 4.69) is 10.1 Å². The Labute approximate surface area is 97.1 Å². The van der Waals surface area contributed by atoms with Crippen LogP contribution in [0.2, 0.25) is 0 Å². The van der Waals surface area contributed by atoms with Gasteiger partial charge in [0.05, 0.1) is 24.6 Å². The number of carbonyl (C=O) groups excluding carboxylic acids is 2. The van der Waals surface area contributed by atoms with Gasteiger partial charge >= 0.3 is 0 Å². The largest absolute Gasteiger partial charge is 0.294 e. The molecule has 0 aromatic rings. The van der Waals surface area contributed by atoms with Crippen molar-refractivity contribution in [2.24, 2.45) is 10.1 Å². The van der Waals surface area contributed by atoms with E-state index in [0.717, 1.165) is 0 Å². The average molecular weight is 259 g/mol. The second-order valence-corrected chi connectivity index (χ2v) is 4.63. The summed E-state index contributed by atoms with van der Waals surface area (Å²) in [7, 11) is -3.67. The lowest BCUT2D eigenvalue weighted by Crippen LogP contribution is -2.33. The second kappa shape index (κ2) is 4.97. The molecule has 0 saturated heterocycles. The van der Waals surface area contributed by atoms with Crippen LogP contribution in [-0.2, 0) is 19.7 Å². The quantitative estimate of drug-likeness (QED) is 0.451. The fourth-order valence-corrected chi connectivity index (χ4v) is 1.06. The first-order valence-corrected chi connectivity index (χ1v) is 6.18. The third-order valence-corrected chi connectivity index (χ3v) is 1.56. The lowest BCUT2D eigenvalue weighted by Gasteiger charge is -2.21. The molecule has 0 fully saturated rings. The van der Waals surface area contributed by atoms with Crippen LogP contribution in [0.4, 0.5) is 0 Å². The number of hydrogen-bond donors (Lipinski definition) is 1. The van der Waals surface area contributed by atoms with Gasteiger partial charge in [0.1, 0.15) is 6.34 Å². The Hall–Kier alpha value is -1.87. The van der Waals surface area contributed by atoms with Crippen molar-refractivity contribution in [2.75, 3.05) is 6.26 Å². The molecule has 2 aliphatic heterocycles. The van der Waals surface area contributed by atoms with Crippen molar-refractivity contribution in [1.82, 2.24) is 5.01 Å². The highest BCUT2D eigenvalue weighted by Crippen LogP contribution is 2.14. The molecular formula is C8H9N3O5S. The van der Waals surface area contributed by atoms with Crippen LogP contribution in [-0.4, -0.2) is 48.5 Å². The van der Waals surface area contributed by atoms with E-state index in [1.807, 2.05) is 0 Å². The number of carbonyl (C=O) groups is 2. The zero-order valence-corrected chi connectivity index (χ0v) is 9.59. The molecule has 92 valence electrons. The Balaban J connectivity index is 0.000000249. The summed E-state index contributed by atoms with van der Waals surface area (Å²) >= 11 is 0. The van der Waals surface area contributed by atoms with E-state index in [-0.39, 0.29) is 18.1 Å². The van der Waals surface area contributed by atoms with Crippen molar-refractivity contribution in [2.45, 2.75) is 6.42 Å². The number of amides is 1. The molecule has 0 aromatic carbocycles. The predicted molar refractivity (Wildman–Crippen MR) is 59.0 cm³/mol. The predicted octanol–water partition coefficient (Wildman–Crippen LogP) is -0.797. The molecule has 8 nitrogen and oxygen atoms in total. The van der Waals surface area contributed by atoms with Crippen molar-refractivity contribution >= 4 is 34.4 Å². The van der Waals surface area contributed by atoms with Crippen molar-refractivity contribution in [3.05, 3.63) is 11.8 Å². The van der Waals surface area contributed by atoms with Crippen molar-refractivity contribution < 1.29 is 22.6 Å². The highest BCUT2D eigenvalue weighted by Gasteiger charge is 2.25. The molecule has 1 amide bonds. The number of nitrogens with zero attached hydrogens (tertiary/aromatic N) is 3. The fourth-order valence-electron chi connectivity index (χ4n) is 1.06. The van der Waals surface area contributed by atoms with E-state index in [4.69, 9.17) is 4.55 Å². The zero-order valence-electron chi connectivity index (χ0n) is 8.77. The molecule has 0 atom stereocenters. The topological polar surface area (TPSA) is 116 Å². The maximum absolute atomic E-state index is 11.1. The lowest BCUT2D eigenvalue weighted by molar-refractivity contribution is -0.133. The molecule has 0 radical (unpaired) electrons. The second-order valence-electron chi connectivity index (χ2n) is 3.16. The minimum absolute atomic E-state index is 0.103. The molecule has 2 rings (SSSR count). The van der Waals surface area contributed by atoms with Crippen LogP contribution in [0.3, 0.4) is 0 Å². The summed E-state index contributed by atoms with van der Waals surface area (Å²) in [4.78, 5) is 25.7. The van der Waals surface area contributed by atoms with E-state index < -0.39 is 10.1 Å². The van der Waals surface area contributed by atoms with Gasteiger partial charge < -0.3 is 0 Å². The highest BCUT2D eigenvalue weighted by molar-refractivity contribution is 7.85. The summed E-state index contributed by atoms with van der Waals surface area (Å²) in [5, 5.41) is 4.88. The molecule has 0 bridgehead atoms. The Bertz CT molecular complexity index is 523. The third kappa shape index (κ3) is 4.66. The smallest absolute Gasteiger partial charge is 0.261 e. The van der Waals surface area contributed by atoms with Crippen LogP contribution < -0.4 is 0 Å². The first-order valence-electron chi connectivity index (χ1n) is 4.33. The Morgan fingerprint density at radius 3 is 2.59 bits per heavy atom. The van der Waals surface area contributed by atoms with E-state index in [0.29, 0.717) is 12.0 Å². The van der Waals surface area contributed by atoms with E-state index >= 15 is 0 Å². The summed E-state index contributed by atoms with van der Waals surface area (Å²) in [5.41, 5.74) is 0.443. The molecular weight excluding hydrogens is 250 g/mol. The average Bonchev–Trinajstić information content (AvgIpc) is 2.14. The number of hydrazone groups is 1. The molecule has 2 heterocycles. The molecule has 0 aromatic heterocycles. The maximum Gasteiger partial charge on any atom is 0.261 e. The van der Waals surface area contributed by atoms with Crippen molar-refractivity contribution in [3.63, 3.8) is 0 Å². The van der Waals surface area contributed by atoms with Gasteiger partial charge in [0.25, 0.3) is 16.0 Å². The Kier molecular flexibility index (Phi) is 3.86. The Morgan fingerprint density at radius 1 is 1.41 bits per heavy atom. The van der Waals surface area contributed by atoms with Gasteiger partial charge in [0.2, 0.25) is 0 Å². The highest BCUT2D eigenvalue weighted by atomic mass is 32.2.